The lowest BCUT2D eigenvalue weighted by atomic mass is 10.1. The Hall–Kier alpha value is -0.430. The van der Waals surface area contributed by atoms with Crippen molar-refractivity contribution in [2.75, 3.05) is 46.3 Å². The zero-order chi connectivity index (χ0) is 14.5. The lowest BCUT2D eigenvalue weighted by Gasteiger charge is -2.33. The molecule has 1 fully saturated rings. The molecule has 0 radical (unpaired) electrons. The van der Waals surface area contributed by atoms with Gasteiger partial charge in [-0.2, -0.15) is 0 Å². The van der Waals surface area contributed by atoms with Crippen LogP contribution in [-0.4, -0.2) is 62.0 Å². The minimum atomic E-state index is 0.0252. The third-order valence-corrected chi connectivity index (χ3v) is 5.11. The van der Waals surface area contributed by atoms with Crippen molar-refractivity contribution >= 4 is 33.2 Å². The second kappa shape index (κ2) is 7.54. The van der Waals surface area contributed by atoms with E-state index in [0.717, 1.165) is 48.6 Å². The number of hydrogen-bond donors (Lipinski definition) is 1. The highest BCUT2D eigenvalue weighted by atomic mass is 79.9. The Morgan fingerprint density at radius 3 is 2.75 bits per heavy atom. The number of likely N-dealkylation sites (N-methyl/N-ethyl adjacent to an activating group) is 1. The maximum atomic E-state index is 12.0. The normalized spacial score (nSPS) is 18.9. The van der Waals surface area contributed by atoms with Crippen molar-refractivity contribution in [3.05, 3.63) is 20.8 Å². The number of amides is 1. The molecule has 1 aliphatic rings. The molecule has 0 bridgehead atoms. The van der Waals surface area contributed by atoms with Crippen LogP contribution in [0.25, 0.3) is 0 Å². The topological polar surface area (TPSA) is 35.6 Å². The summed E-state index contributed by atoms with van der Waals surface area (Å²) in [5.74, 6) is 0.501. The van der Waals surface area contributed by atoms with Crippen LogP contribution in [0.15, 0.2) is 15.2 Å². The van der Waals surface area contributed by atoms with Crippen LogP contribution in [-0.2, 0) is 0 Å². The van der Waals surface area contributed by atoms with Gasteiger partial charge in [-0.15, -0.1) is 11.3 Å². The minimum Gasteiger partial charge on any atom is -0.352 e. The molecule has 2 rings (SSSR count). The van der Waals surface area contributed by atoms with E-state index < -0.39 is 0 Å². The summed E-state index contributed by atoms with van der Waals surface area (Å²) in [6.45, 7) is 8.53. The molecular formula is C14H22BrN3OS. The third-order valence-electron chi connectivity index (χ3n) is 3.61. The first-order chi connectivity index (χ1) is 9.54. The number of carbonyl (C=O) groups excluding carboxylic acids is 1. The molecule has 1 aromatic heterocycles. The predicted molar refractivity (Wildman–Crippen MR) is 87.5 cm³/mol. The number of rotatable bonds is 5. The average Bonchev–Trinajstić information content (AvgIpc) is 2.85. The first-order valence-electron chi connectivity index (χ1n) is 6.97. The van der Waals surface area contributed by atoms with Crippen molar-refractivity contribution in [1.29, 1.82) is 0 Å². The van der Waals surface area contributed by atoms with Gasteiger partial charge in [-0.3, -0.25) is 4.79 Å². The van der Waals surface area contributed by atoms with Crippen LogP contribution in [0, 0.1) is 5.92 Å². The second-order valence-electron chi connectivity index (χ2n) is 5.56. The summed E-state index contributed by atoms with van der Waals surface area (Å²) in [6, 6.07) is 1.87. The van der Waals surface area contributed by atoms with Gasteiger partial charge in [0, 0.05) is 44.6 Å². The fourth-order valence-electron chi connectivity index (χ4n) is 2.33. The molecule has 1 N–H and O–H groups in total. The summed E-state index contributed by atoms with van der Waals surface area (Å²) in [5.41, 5.74) is 0.744. The van der Waals surface area contributed by atoms with Crippen LogP contribution >= 0.6 is 27.3 Å². The number of piperazine rings is 1. The van der Waals surface area contributed by atoms with Gasteiger partial charge in [0.1, 0.15) is 0 Å². The van der Waals surface area contributed by atoms with Crippen molar-refractivity contribution in [2.45, 2.75) is 6.92 Å². The summed E-state index contributed by atoms with van der Waals surface area (Å²) >= 11 is 4.92. The Labute approximate surface area is 133 Å². The van der Waals surface area contributed by atoms with E-state index in [1.54, 1.807) is 0 Å². The molecule has 1 aliphatic heterocycles. The molecule has 4 nitrogen and oxygen atoms in total. The molecule has 0 saturated carbocycles. The molecule has 1 unspecified atom stereocenters. The van der Waals surface area contributed by atoms with Crippen LogP contribution in [0.3, 0.4) is 0 Å². The molecule has 0 spiro atoms. The van der Waals surface area contributed by atoms with E-state index in [0.29, 0.717) is 5.92 Å². The van der Waals surface area contributed by atoms with Gasteiger partial charge in [-0.05, 0) is 35.0 Å². The molecule has 1 atom stereocenters. The summed E-state index contributed by atoms with van der Waals surface area (Å²) in [4.78, 5) is 16.8. The average molecular weight is 360 g/mol. The maximum Gasteiger partial charge on any atom is 0.252 e. The highest BCUT2D eigenvalue weighted by Gasteiger charge is 2.16. The lowest BCUT2D eigenvalue weighted by molar-refractivity contribution is 0.0938. The minimum absolute atomic E-state index is 0.0252. The van der Waals surface area contributed by atoms with E-state index >= 15 is 0 Å². The number of thiophene rings is 1. The molecule has 6 heteroatoms. The number of nitrogens with zero attached hydrogens (tertiary/aromatic N) is 2. The fourth-order valence-corrected chi connectivity index (χ4v) is 3.47. The highest BCUT2D eigenvalue weighted by Crippen LogP contribution is 2.20. The van der Waals surface area contributed by atoms with Crippen LogP contribution in [0.4, 0.5) is 0 Å². The number of carbonyl (C=O) groups is 1. The second-order valence-corrected chi connectivity index (χ2v) is 7.85. The van der Waals surface area contributed by atoms with Gasteiger partial charge >= 0.3 is 0 Å². The molecule has 0 aromatic carbocycles. The first-order valence-corrected chi connectivity index (χ1v) is 8.65. The summed E-state index contributed by atoms with van der Waals surface area (Å²) in [5, 5.41) is 4.90. The highest BCUT2D eigenvalue weighted by molar-refractivity contribution is 9.11. The monoisotopic (exact) mass is 359 g/mol. The van der Waals surface area contributed by atoms with Crippen molar-refractivity contribution < 1.29 is 4.79 Å². The van der Waals surface area contributed by atoms with Crippen LogP contribution in [0.2, 0.25) is 0 Å². The SMILES string of the molecule is CC(CNC(=O)c1csc(Br)c1)CN1CCN(C)CC1. The standard InChI is InChI=1S/C14H22BrN3OS/c1-11(9-18-5-3-17(2)4-6-18)8-16-14(19)12-7-13(15)20-10-12/h7,10-11H,3-6,8-9H2,1-2H3,(H,16,19). The Morgan fingerprint density at radius 1 is 1.45 bits per heavy atom. The predicted octanol–water partition coefficient (Wildman–Crippen LogP) is 2.12. The number of nitrogens with one attached hydrogen (secondary N) is 1. The van der Waals surface area contributed by atoms with E-state index in [1.165, 1.54) is 11.3 Å². The van der Waals surface area contributed by atoms with Gasteiger partial charge in [0.2, 0.25) is 0 Å². The van der Waals surface area contributed by atoms with Crippen LogP contribution in [0.1, 0.15) is 17.3 Å². The largest absolute Gasteiger partial charge is 0.352 e. The molecule has 2 heterocycles. The Kier molecular flexibility index (Phi) is 6.01. The third kappa shape index (κ3) is 4.84. The Balaban J connectivity index is 1.69. The van der Waals surface area contributed by atoms with E-state index in [9.17, 15) is 4.79 Å². The van der Waals surface area contributed by atoms with Crippen molar-refractivity contribution in [3.8, 4) is 0 Å². The molecular weight excluding hydrogens is 338 g/mol. The van der Waals surface area contributed by atoms with Crippen molar-refractivity contribution in [3.63, 3.8) is 0 Å². The zero-order valence-corrected chi connectivity index (χ0v) is 14.5. The van der Waals surface area contributed by atoms with Gasteiger partial charge in [0.05, 0.1) is 9.35 Å². The molecule has 1 saturated heterocycles. The van der Waals surface area contributed by atoms with Crippen LogP contribution < -0.4 is 5.32 Å². The summed E-state index contributed by atoms with van der Waals surface area (Å²) < 4.78 is 0.994. The number of halogens is 1. The van der Waals surface area contributed by atoms with Crippen molar-refractivity contribution in [1.82, 2.24) is 15.1 Å². The Bertz CT molecular complexity index is 443. The Morgan fingerprint density at radius 2 is 2.15 bits per heavy atom. The molecule has 0 aliphatic carbocycles. The molecule has 1 aromatic rings. The van der Waals surface area contributed by atoms with Gasteiger partial charge in [-0.1, -0.05) is 6.92 Å². The number of hydrogen-bond acceptors (Lipinski definition) is 4. The van der Waals surface area contributed by atoms with Gasteiger partial charge in [0.15, 0.2) is 0 Å². The van der Waals surface area contributed by atoms with E-state index in [1.807, 2.05) is 11.4 Å². The van der Waals surface area contributed by atoms with Crippen molar-refractivity contribution in [2.24, 2.45) is 5.92 Å². The maximum absolute atomic E-state index is 12.0. The van der Waals surface area contributed by atoms with Gasteiger partial charge in [-0.25, -0.2) is 0 Å². The molecule has 112 valence electrons. The summed E-state index contributed by atoms with van der Waals surface area (Å²) in [6.07, 6.45) is 0. The van der Waals surface area contributed by atoms with Crippen LogP contribution in [0.5, 0.6) is 0 Å². The lowest BCUT2D eigenvalue weighted by Crippen LogP contribution is -2.46. The quantitative estimate of drug-likeness (QED) is 0.874. The van der Waals surface area contributed by atoms with Gasteiger partial charge < -0.3 is 15.1 Å². The van der Waals surface area contributed by atoms with E-state index in [-0.39, 0.29) is 5.91 Å². The first kappa shape index (κ1) is 15.9. The molecule has 1 amide bonds. The summed E-state index contributed by atoms with van der Waals surface area (Å²) in [7, 11) is 2.17. The van der Waals surface area contributed by atoms with E-state index in [2.05, 4.69) is 45.0 Å². The van der Waals surface area contributed by atoms with E-state index in [4.69, 9.17) is 0 Å². The van der Waals surface area contributed by atoms with Gasteiger partial charge in [0.25, 0.3) is 5.91 Å². The smallest absolute Gasteiger partial charge is 0.252 e. The molecule has 20 heavy (non-hydrogen) atoms. The zero-order valence-electron chi connectivity index (χ0n) is 12.1. The fraction of sp³-hybridized carbons (Fsp3) is 0.643.